The highest BCUT2D eigenvalue weighted by atomic mass is 79.9. The van der Waals surface area contributed by atoms with Crippen LogP contribution in [0.2, 0.25) is 0 Å². The van der Waals surface area contributed by atoms with Crippen LogP contribution in [0.5, 0.6) is 11.6 Å². The molecule has 5 heteroatoms. The van der Waals surface area contributed by atoms with Gasteiger partial charge in [-0.05, 0) is 12.5 Å². The van der Waals surface area contributed by atoms with Gasteiger partial charge in [-0.2, -0.15) is 5.10 Å². The van der Waals surface area contributed by atoms with E-state index in [0.29, 0.717) is 11.6 Å². The van der Waals surface area contributed by atoms with Crippen molar-refractivity contribution in [2.45, 2.75) is 18.8 Å². The van der Waals surface area contributed by atoms with Gasteiger partial charge < -0.3 is 4.74 Å². The fourth-order valence-corrected chi connectivity index (χ4v) is 1.57. The number of rotatable bonds is 4. The summed E-state index contributed by atoms with van der Waals surface area (Å²) in [5.41, 5.74) is 1.12. The maximum absolute atomic E-state index is 5.55. The number of nitrogens with zero attached hydrogens (tertiary/aromatic N) is 3. The molecular weight excluding hydrogens is 270 g/mol. The Hall–Kier alpha value is -1.36. The molecule has 0 aromatic carbocycles. The Morgan fingerprint density at radius 3 is 2.81 bits per heavy atom. The molecule has 0 saturated carbocycles. The third kappa shape index (κ3) is 2.61. The van der Waals surface area contributed by atoms with Crippen LogP contribution in [0.15, 0.2) is 30.7 Å². The van der Waals surface area contributed by atoms with Crippen LogP contribution in [0.3, 0.4) is 0 Å². The Morgan fingerprint density at radius 1 is 1.38 bits per heavy atom. The monoisotopic (exact) mass is 281 g/mol. The molecule has 84 valence electrons. The average molecular weight is 282 g/mol. The summed E-state index contributed by atoms with van der Waals surface area (Å²) in [6.45, 7) is 2.86. The smallest absolute Gasteiger partial charge is 0.219 e. The van der Waals surface area contributed by atoms with Crippen LogP contribution < -0.4 is 4.74 Å². The van der Waals surface area contributed by atoms with Gasteiger partial charge in [-0.3, -0.25) is 4.68 Å². The van der Waals surface area contributed by atoms with Gasteiger partial charge in [0, 0.05) is 24.1 Å². The molecule has 2 aromatic rings. The SMILES string of the molecule is CCn1cc(Oc2ccc(CBr)cn2)cn1. The van der Waals surface area contributed by atoms with Crippen LogP contribution in [0.4, 0.5) is 0 Å². The predicted molar refractivity (Wildman–Crippen MR) is 64.8 cm³/mol. The van der Waals surface area contributed by atoms with Crippen molar-refractivity contribution < 1.29 is 4.74 Å². The molecule has 0 aliphatic rings. The van der Waals surface area contributed by atoms with Crippen molar-refractivity contribution in [1.82, 2.24) is 14.8 Å². The third-order valence-corrected chi connectivity index (χ3v) is 2.76. The van der Waals surface area contributed by atoms with E-state index in [4.69, 9.17) is 4.74 Å². The third-order valence-electron chi connectivity index (χ3n) is 2.11. The second-order valence-corrected chi connectivity index (χ2v) is 3.83. The van der Waals surface area contributed by atoms with E-state index < -0.39 is 0 Å². The number of ether oxygens (including phenoxy) is 1. The van der Waals surface area contributed by atoms with Gasteiger partial charge in [0.1, 0.15) is 0 Å². The van der Waals surface area contributed by atoms with Crippen LogP contribution in [-0.2, 0) is 11.9 Å². The minimum absolute atomic E-state index is 0.584. The Bertz CT molecular complexity index is 453. The van der Waals surface area contributed by atoms with Gasteiger partial charge in [-0.25, -0.2) is 4.98 Å². The quantitative estimate of drug-likeness (QED) is 0.809. The van der Waals surface area contributed by atoms with Crippen LogP contribution in [0.25, 0.3) is 0 Å². The number of aromatic nitrogens is 3. The molecule has 2 aromatic heterocycles. The van der Waals surface area contributed by atoms with Gasteiger partial charge in [0.25, 0.3) is 0 Å². The summed E-state index contributed by atoms with van der Waals surface area (Å²) < 4.78 is 7.36. The standard InChI is InChI=1S/C11H12BrN3O/c1-2-15-8-10(7-14-15)16-11-4-3-9(5-12)6-13-11/h3-4,6-8H,2,5H2,1H3. The van der Waals surface area contributed by atoms with Gasteiger partial charge in [0.05, 0.1) is 12.4 Å². The predicted octanol–water partition coefficient (Wildman–Crippen LogP) is 2.99. The average Bonchev–Trinajstić information content (AvgIpc) is 2.78. The van der Waals surface area contributed by atoms with Crippen LogP contribution >= 0.6 is 15.9 Å². The highest BCUT2D eigenvalue weighted by Gasteiger charge is 2.01. The van der Waals surface area contributed by atoms with Crippen molar-refractivity contribution in [1.29, 1.82) is 0 Å². The number of hydrogen-bond donors (Lipinski definition) is 0. The molecule has 0 fully saturated rings. The number of aryl methyl sites for hydroxylation is 1. The number of halogens is 1. The van der Waals surface area contributed by atoms with Crippen molar-refractivity contribution in [3.05, 3.63) is 36.3 Å². The molecule has 0 spiro atoms. The van der Waals surface area contributed by atoms with E-state index in [1.165, 1.54) is 0 Å². The zero-order chi connectivity index (χ0) is 11.4. The molecular formula is C11H12BrN3O. The summed E-state index contributed by atoms with van der Waals surface area (Å²) in [6, 6.07) is 3.82. The summed E-state index contributed by atoms with van der Waals surface area (Å²) in [7, 11) is 0. The van der Waals surface area contributed by atoms with Crippen LogP contribution in [0.1, 0.15) is 12.5 Å². The Kier molecular flexibility index (Phi) is 3.56. The molecule has 0 amide bonds. The minimum Gasteiger partial charge on any atom is -0.436 e. The topological polar surface area (TPSA) is 39.9 Å². The lowest BCUT2D eigenvalue weighted by Crippen LogP contribution is -1.92. The number of pyridine rings is 1. The summed E-state index contributed by atoms with van der Waals surface area (Å²) in [5.74, 6) is 1.29. The van der Waals surface area contributed by atoms with Crippen LogP contribution in [0, 0.1) is 0 Å². The number of alkyl halides is 1. The maximum Gasteiger partial charge on any atom is 0.219 e. The lowest BCUT2D eigenvalue weighted by molar-refractivity contribution is 0.461. The zero-order valence-corrected chi connectivity index (χ0v) is 10.5. The van der Waals surface area contributed by atoms with Gasteiger partial charge in [0.15, 0.2) is 5.75 Å². The second kappa shape index (κ2) is 5.12. The Labute approximate surface area is 102 Å². The summed E-state index contributed by atoms with van der Waals surface area (Å²) in [6.07, 6.45) is 5.32. The highest BCUT2D eigenvalue weighted by Crippen LogP contribution is 2.18. The molecule has 2 rings (SSSR count). The van der Waals surface area contributed by atoms with Gasteiger partial charge >= 0.3 is 0 Å². The summed E-state index contributed by atoms with van der Waals surface area (Å²) in [4.78, 5) is 4.19. The minimum atomic E-state index is 0.584. The number of hydrogen-bond acceptors (Lipinski definition) is 3. The largest absolute Gasteiger partial charge is 0.436 e. The molecule has 0 N–H and O–H groups in total. The maximum atomic E-state index is 5.55. The first kappa shape index (κ1) is 11.1. The second-order valence-electron chi connectivity index (χ2n) is 3.27. The first-order valence-electron chi connectivity index (χ1n) is 5.03. The molecule has 2 heterocycles. The Morgan fingerprint density at radius 2 is 2.25 bits per heavy atom. The molecule has 16 heavy (non-hydrogen) atoms. The molecule has 0 aliphatic heterocycles. The van der Waals surface area contributed by atoms with E-state index in [-0.39, 0.29) is 0 Å². The molecule has 0 saturated heterocycles. The van der Waals surface area contributed by atoms with Gasteiger partial charge in [0.2, 0.25) is 5.88 Å². The first-order valence-corrected chi connectivity index (χ1v) is 6.15. The zero-order valence-electron chi connectivity index (χ0n) is 8.93. The lowest BCUT2D eigenvalue weighted by Gasteiger charge is -2.01. The molecule has 4 nitrogen and oxygen atoms in total. The van der Waals surface area contributed by atoms with Crippen molar-refractivity contribution >= 4 is 15.9 Å². The van der Waals surface area contributed by atoms with Gasteiger partial charge in [-0.1, -0.05) is 22.0 Å². The molecule has 0 atom stereocenters. The van der Waals surface area contributed by atoms with E-state index in [1.807, 2.05) is 29.9 Å². The fourth-order valence-electron chi connectivity index (χ4n) is 1.24. The van der Waals surface area contributed by atoms with E-state index in [1.54, 1.807) is 12.4 Å². The molecule has 0 aliphatic carbocycles. The van der Waals surface area contributed by atoms with Crippen molar-refractivity contribution in [3.8, 4) is 11.6 Å². The highest BCUT2D eigenvalue weighted by molar-refractivity contribution is 9.08. The fraction of sp³-hybridized carbons (Fsp3) is 0.273. The van der Waals surface area contributed by atoms with Gasteiger partial charge in [-0.15, -0.1) is 0 Å². The normalized spacial score (nSPS) is 10.4. The summed E-state index contributed by atoms with van der Waals surface area (Å²) >= 11 is 3.37. The summed E-state index contributed by atoms with van der Waals surface area (Å²) in [5, 5.41) is 4.92. The molecule has 0 radical (unpaired) electrons. The van der Waals surface area contributed by atoms with E-state index >= 15 is 0 Å². The lowest BCUT2D eigenvalue weighted by atomic mass is 10.3. The molecule has 0 bridgehead atoms. The van der Waals surface area contributed by atoms with E-state index in [2.05, 4.69) is 26.0 Å². The van der Waals surface area contributed by atoms with Crippen molar-refractivity contribution in [2.75, 3.05) is 0 Å². The van der Waals surface area contributed by atoms with Crippen LogP contribution in [-0.4, -0.2) is 14.8 Å². The van der Waals surface area contributed by atoms with Crippen molar-refractivity contribution in [2.24, 2.45) is 0 Å². The molecule has 0 unspecified atom stereocenters. The van der Waals surface area contributed by atoms with E-state index in [0.717, 1.165) is 17.4 Å². The Balaban J connectivity index is 2.08. The van der Waals surface area contributed by atoms with E-state index in [9.17, 15) is 0 Å². The van der Waals surface area contributed by atoms with Crippen molar-refractivity contribution in [3.63, 3.8) is 0 Å². The first-order chi connectivity index (χ1) is 7.81.